The van der Waals surface area contributed by atoms with Gasteiger partial charge in [-0.25, -0.2) is 0 Å². The van der Waals surface area contributed by atoms with Gasteiger partial charge in [0.05, 0.1) is 0 Å². The van der Waals surface area contributed by atoms with Crippen LogP contribution in [0.1, 0.15) is 39.0 Å². The third-order valence-corrected chi connectivity index (χ3v) is 4.17. The molecular formula is C16H23NO2. The predicted octanol–water partition coefficient (Wildman–Crippen LogP) is 3.84. The molecular weight excluding hydrogens is 238 g/mol. The van der Waals surface area contributed by atoms with Crippen molar-refractivity contribution in [2.45, 2.75) is 45.1 Å². The molecule has 0 aromatic heterocycles. The van der Waals surface area contributed by atoms with Crippen LogP contribution in [0.25, 0.3) is 0 Å². The fourth-order valence-electron chi connectivity index (χ4n) is 3.00. The van der Waals surface area contributed by atoms with Gasteiger partial charge in [-0.05, 0) is 37.3 Å². The standard InChI is InChI=1S/C16H23NO2/c1-12-3-2-4-13(6-5-12)17-14-7-8-15-16(11-14)19-10-9-18-15/h7-8,11-13,17H,2-6,9-10H2,1H3. The van der Waals surface area contributed by atoms with E-state index in [0.29, 0.717) is 19.3 Å². The van der Waals surface area contributed by atoms with Gasteiger partial charge in [0, 0.05) is 17.8 Å². The zero-order valence-corrected chi connectivity index (χ0v) is 11.7. The molecule has 0 radical (unpaired) electrons. The zero-order chi connectivity index (χ0) is 13.1. The Bertz CT molecular complexity index is 433. The summed E-state index contributed by atoms with van der Waals surface area (Å²) in [6.45, 7) is 3.67. The summed E-state index contributed by atoms with van der Waals surface area (Å²) in [5.74, 6) is 2.62. The van der Waals surface area contributed by atoms with Crippen LogP contribution >= 0.6 is 0 Å². The molecule has 104 valence electrons. The van der Waals surface area contributed by atoms with Crippen LogP contribution in [-0.2, 0) is 0 Å². The Hall–Kier alpha value is -1.38. The quantitative estimate of drug-likeness (QED) is 0.820. The van der Waals surface area contributed by atoms with Crippen molar-refractivity contribution in [2.24, 2.45) is 5.92 Å². The summed E-state index contributed by atoms with van der Waals surface area (Å²) in [6, 6.07) is 6.79. The van der Waals surface area contributed by atoms with E-state index in [4.69, 9.17) is 9.47 Å². The van der Waals surface area contributed by atoms with Gasteiger partial charge in [-0.2, -0.15) is 0 Å². The topological polar surface area (TPSA) is 30.5 Å². The van der Waals surface area contributed by atoms with Gasteiger partial charge in [0.2, 0.25) is 0 Å². The first-order valence-corrected chi connectivity index (χ1v) is 7.47. The Labute approximate surface area is 115 Å². The predicted molar refractivity (Wildman–Crippen MR) is 77.1 cm³/mol. The lowest BCUT2D eigenvalue weighted by atomic mass is 10.0. The molecule has 19 heavy (non-hydrogen) atoms. The third-order valence-electron chi connectivity index (χ3n) is 4.17. The summed E-state index contributed by atoms with van der Waals surface area (Å²) >= 11 is 0. The smallest absolute Gasteiger partial charge is 0.163 e. The second-order valence-electron chi connectivity index (χ2n) is 5.81. The Morgan fingerprint density at radius 3 is 2.74 bits per heavy atom. The number of nitrogens with one attached hydrogen (secondary N) is 1. The van der Waals surface area contributed by atoms with Gasteiger partial charge in [0.15, 0.2) is 11.5 Å². The summed E-state index contributed by atoms with van der Waals surface area (Å²) in [7, 11) is 0. The number of hydrogen-bond acceptors (Lipinski definition) is 3. The number of benzene rings is 1. The molecule has 1 aromatic carbocycles. The van der Waals surface area contributed by atoms with Crippen LogP contribution in [0, 0.1) is 5.92 Å². The maximum absolute atomic E-state index is 5.63. The van der Waals surface area contributed by atoms with E-state index >= 15 is 0 Å². The number of ether oxygens (including phenoxy) is 2. The van der Waals surface area contributed by atoms with Gasteiger partial charge < -0.3 is 14.8 Å². The normalized spacial score (nSPS) is 26.6. The average Bonchev–Trinajstić information content (AvgIpc) is 2.64. The highest BCUT2D eigenvalue weighted by Crippen LogP contribution is 2.33. The van der Waals surface area contributed by atoms with E-state index in [1.165, 1.54) is 32.1 Å². The van der Waals surface area contributed by atoms with E-state index in [2.05, 4.69) is 24.4 Å². The van der Waals surface area contributed by atoms with Crippen molar-refractivity contribution >= 4 is 5.69 Å². The van der Waals surface area contributed by atoms with Crippen molar-refractivity contribution in [1.29, 1.82) is 0 Å². The molecule has 1 aromatic rings. The highest BCUT2D eigenvalue weighted by molar-refractivity contribution is 5.55. The first-order valence-electron chi connectivity index (χ1n) is 7.47. The van der Waals surface area contributed by atoms with E-state index in [1.807, 2.05) is 6.07 Å². The number of fused-ring (bicyclic) bond motifs is 1. The molecule has 0 saturated heterocycles. The van der Waals surface area contributed by atoms with E-state index in [9.17, 15) is 0 Å². The van der Waals surface area contributed by atoms with Gasteiger partial charge in [-0.1, -0.05) is 19.8 Å². The summed E-state index contributed by atoms with van der Waals surface area (Å²) in [5.41, 5.74) is 1.16. The summed E-state index contributed by atoms with van der Waals surface area (Å²) < 4.78 is 11.2. The lowest BCUT2D eigenvalue weighted by molar-refractivity contribution is 0.171. The first kappa shape index (κ1) is 12.6. The Kier molecular flexibility index (Phi) is 3.81. The van der Waals surface area contributed by atoms with Crippen LogP contribution in [0.4, 0.5) is 5.69 Å². The molecule has 3 heteroatoms. The van der Waals surface area contributed by atoms with Crippen LogP contribution in [0.2, 0.25) is 0 Å². The Morgan fingerprint density at radius 1 is 1.00 bits per heavy atom. The highest BCUT2D eigenvalue weighted by atomic mass is 16.6. The molecule has 1 heterocycles. The molecule has 0 bridgehead atoms. The minimum absolute atomic E-state index is 0.604. The average molecular weight is 261 g/mol. The SMILES string of the molecule is CC1CCCC(Nc2ccc3c(c2)OCCO3)CC1. The lowest BCUT2D eigenvalue weighted by Gasteiger charge is -2.22. The van der Waals surface area contributed by atoms with Crippen molar-refractivity contribution < 1.29 is 9.47 Å². The molecule has 2 unspecified atom stereocenters. The summed E-state index contributed by atoms with van der Waals surface area (Å²) in [5, 5.41) is 3.66. The lowest BCUT2D eigenvalue weighted by Crippen LogP contribution is -2.19. The van der Waals surface area contributed by atoms with Crippen molar-refractivity contribution in [1.82, 2.24) is 0 Å². The van der Waals surface area contributed by atoms with Crippen molar-refractivity contribution in [2.75, 3.05) is 18.5 Å². The number of rotatable bonds is 2. The maximum Gasteiger partial charge on any atom is 0.163 e. The van der Waals surface area contributed by atoms with Crippen LogP contribution < -0.4 is 14.8 Å². The highest BCUT2D eigenvalue weighted by Gasteiger charge is 2.17. The maximum atomic E-state index is 5.63. The van der Waals surface area contributed by atoms with Crippen LogP contribution in [0.15, 0.2) is 18.2 Å². The molecule has 1 N–H and O–H groups in total. The molecule has 2 atom stereocenters. The van der Waals surface area contributed by atoms with Gasteiger partial charge >= 0.3 is 0 Å². The van der Waals surface area contributed by atoms with Gasteiger partial charge in [-0.3, -0.25) is 0 Å². The molecule has 1 aliphatic carbocycles. The van der Waals surface area contributed by atoms with Crippen LogP contribution in [-0.4, -0.2) is 19.3 Å². The molecule has 3 nitrogen and oxygen atoms in total. The fourth-order valence-corrected chi connectivity index (χ4v) is 3.00. The van der Waals surface area contributed by atoms with Gasteiger partial charge in [0.25, 0.3) is 0 Å². The third kappa shape index (κ3) is 3.14. The molecule has 1 saturated carbocycles. The molecule has 1 fully saturated rings. The zero-order valence-electron chi connectivity index (χ0n) is 11.7. The van der Waals surface area contributed by atoms with E-state index in [0.717, 1.165) is 23.1 Å². The monoisotopic (exact) mass is 261 g/mol. The Morgan fingerprint density at radius 2 is 1.84 bits per heavy atom. The number of hydrogen-bond donors (Lipinski definition) is 1. The fraction of sp³-hybridized carbons (Fsp3) is 0.625. The van der Waals surface area contributed by atoms with Crippen molar-refractivity contribution in [3.8, 4) is 11.5 Å². The van der Waals surface area contributed by atoms with Crippen LogP contribution in [0.3, 0.4) is 0 Å². The largest absolute Gasteiger partial charge is 0.486 e. The van der Waals surface area contributed by atoms with E-state index < -0.39 is 0 Å². The van der Waals surface area contributed by atoms with Crippen molar-refractivity contribution in [3.05, 3.63) is 18.2 Å². The minimum atomic E-state index is 0.604. The van der Waals surface area contributed by atoms with E-state index in [-0.39, 0.29) is 0 Å². The summed E-state index contributed by atoms with van der Waals surface area (Å²) in [6.07, 6.45) is 6.60. The number of anilines is 1. The summed E-state index contributed by atoms with van der Waals surface area (Å²) in [4.78, 5) is 0. The molecule has 0 spiro atoms. The van der Waals surface area contributed by atoms with Crippen LogP contribution in [0.5, 0.6) is 11.5 Å². The molecule has 1 aliphatic heterocycles. The van der Waals surface area contributed by atoms with E-state index in [1.54, 1.807) is 0 Å². The molecule has 3 rings (SSSR count). The Balaban J connectivity index is 1.66. The second kappa shape index (κ2) is 5.72. The minimum Gasteiger partial charge on any atom is -0.486 e. The molecule has 0 amide bonds. The first-order chi connectivity index (χ1) is 9.31. The molecule has 2 aliphatic rings. The van der Waals surface area contributed by atoms with Crippen molar-refractivity contribution in [3.63, 3.8) is 0 Å². The van der Waals surface area contributed by atoms with Gasteiger partial charge in [-0.15, -0.1) is 0 Å². The van der Waals surface area contributed by atoms with Gasteiger partial charge in [0.1, 0.15) is 13.2 Å². The second-order valence-corrected chi connectivity index (χ2v) is 5.81.